The molecule has 22 heavy (non-hydrogen) atoms. The normalized spacial score (nSPS) is 10.9. The van der Waals surface area contributed by atoms with Crippen molar-refractivity contribution in [2.45, 2.75) is 39.0 Å². The Morgan fingerprint density at radius 1 is 1.32 bits per heavy atom. The van der Waals surface area contributed by atoms with Crippen LogP contribution in [0, 0.1) is 0 Å². The summed E-state index contributed by atoms with van der Waals surface area (Å²) >= 11 is 1.70. The van der Waals surface area contributed by atoms with Gasteiger partial charge in [-0.1, -0.05) is 25.1 Å². The molecule has 2 aromatic heterocycles. The van der Waals surface area contributed by atoms with E-state index in [9.17, 15) is 4.79 Å². The van der Waals surface area contributed by atoms with Crippen molar-refractivity contribution in [2.75, 3.05) is 13.1 Å². The average Bonchev–Trinajstić information content (AvgIpc) is 3.15. The van der Waals surface area contributed by atoms with Gasteiger partial charge in [0, 0.05) is 30.3 Å². The smallest absolute Gasteiger partial charge is 0.314 e. The number of nitrogens with one attached hydrogen (secondary N) is 2. The summed E-state index contributed by atoms with van der Waals surface area (Å²) in [6, 6.07) is 3.95. The average molecular weight is 322 g/mol. The highest BCUT2D eigenvalue weighted by atomic mass is 32.1. The van der Waals surface area contributed by atoms with Crippen LogP contribution in [0.5, 0.6) is 0 Å². The Balaban J connectivity index is 1.54. The monoisotopic (exact) mass is 322 g/mol. The van der Waals surface area contributed by atoms with Crippen molar-refractivity contribution >= 4 is 17.4 Å². The molecule has 0 fully saturated rings. The molecule has 2 aromatic rings. The van der Waals surface area contributed by atoms with Gasteiger partial charge in [0.05, 0.1) is 0 Å². The van der Waals surface area contributed by atoms with Crippen LogP contribution in [0.3, 0.4) is 0 Å². The molecule has 0 aliphatic carbocycles. The number of aryl methyl sites for hydroxylation is 1. The van der Waals surface area contributed by atoms with Crippen LogP contribution >= 0.6 is 11.3 Å². The van der Waals surface area contributed by atoms with Crippen LogP contribution in [-0.2, 0) is 12.8 Å². The number of amides is 2. The zero-order valence-corrected chi connectivity index (χ0v) is 13.8. The Bertz CT molecular complexity index is 566. The van der Waals surface area contributed by atoms with Gasteiger partial charge in [0.15, 0.2) is 5.82 Å². The number of aromatic nitrogens is 2. The maximum atomic E-state index is 11.6. The quantitative estimate of drug-likeness (QED) is 0.732. The lowest BCUT2D eigenvalue weighted by molar-refractivity contribution is 0.240. The van der Waals surface area contributed by atoms with Gasteiger partial charge in [-0.05, 0) is 24.3 Å². The number of hydrogen-bond donors (Lipinski definition) is 2. The van der Waals surface area contributed by atoms with Gasteiger partial charge in [-0.3, -0.25) is 0 Å². The van der Waals surface area contributed by atoms with Crippen LogP contribution in [0.15, 0.2) is 22.0 Å². The third-order valence-electron chi connectivity index (χ3n) is 3.09. The van der Waals surface area contributed by atoms with E-state index in [2.05, 4.69) is 26.8 Å². The van der Waals surface area contributed by atoms with Gasteiger partial charge >= 0.3 is 6.03 Å². The number of nitrogens with zero attached hydrogens (tertiary/aromatic N) is 2. The number of carbonyl (C=O) groups is 1. The van der Waals surface area contributed by atoms with Crippen molar-refractivity contribution in [3.05, 3.63) is 34.1 Å². The molecule has 0 saturated heterocycles. The highest BCUT2D eigenvalue weighted by molar-refractivity contribution is 7.09. The molecule has 0 atom stereocenters. The summed E-state index contributed by atoms with van der Waals surface area (Å²) in [5, 5.41) is 11.6. The first-order chi connectivity index (χ1) is 10.6. The van der Waals surface area contributed by atoms with E-state index in [-0.39, 0.29) is 11.9 Å². The molecule has 0 aliphatic rings. The zero-order chi connectivity index (χ0) is 15.8. The van der Waals surface area contributed by atoms with Crippen molar-refractivity contribution in [2.24, 2.45) is 0 Å². The third-order valence-corrected chi connectivity index (χ3v) is 4.03. The van der Waals surface area contributed by atoms with Gasteiger partial charge in [0.25, 0.3) is 0 Å². The lowest BCUT2D eigenvalue weighted by atomic mass is 10.2. The van der Waals surface area contributed by atoms with Crippen molar-refractivity contribution in [3.8, 4) is 0 Å². The highest BCUT2D eigenvalue weighted by Crippen LogP contribution is 2.10. The zero-order valence-electron chi connectivity index (χ0n) is 13.0. The molecule has 2 rings (SSSR count). The number of urea groups is 1. The molecule has 0 aromatic carbocycles. The minimum Gasteiger partial charge on any atom is -0.339 e. The van der Waals surface area contributed by atoms with E-state index in [4.69, 9.17) is 4.52 Å². The van der Waals surface area contributed by atoms with E-state index in [1.807, 2.05) is 25.3 Å². The molecule has 0 bridgehead atoms. The second-order valence-corrected chi connectivity index (χ2v) is 6.35. The number of rotatable bonds is 8. The summed E-state index contributed by atoms with van der Waals surface area (Å²) in [5.41, 5.74) is 0. The minimum absolute atomic E-state index is 0.134. The minimum atomic E-state index is -0.134. The van der Waals surface area contributed by atoms with E-state index < -0.39 is 0 Å². The Hall–Kier alpha value is -1.89. The van der Waals surface area contributed by atoms with Crippen LogP contribution in [0.2, 0.25) is 0 Å². The SMILES string of the molecule is CC(C)c1noc(CCCNC(=O)NCCc2cccs2)n1. The molecule has 120 valence electrons. The van der Waals surface area contributed by atoms with Crippen LogP contribution in [0.25, 0.3) is 0 Å². The Morgan fingerprint density at radius 2 is 2.14 bits per heavy atom. The molecule has 2 N–H and O–H groups in total. The molecule has 2 heterocycles. The maximum Gasteiger partial charge on any atom is 0.314 e. The summed E-state index contributed by atoms with van der Waals surface area (Å²) in [6.07, 6.45) is 2.32. The number of hydrogen-bond acceptors (Lipinski definition) is 5. The third kappa shape index (κ3) is 5.48. The first-order valence-electron chi connectivity index (χ1n) is 7.51. The summed E-state index contributed by atoms with van der Waals surface area (Å²) in [6.45, 7) is 5.28. The van der Waals surface area contributed by atoms with Crippen molar-refractivity contribution < 1.29 is 9.32 Å². The van der Waals surface area contributed by atoms with E-state index in [0.29, 0.717) is 25.4 Å². The summed E-state index contributed by atoms with van der Waals surface area (Å²) in [4.78, 5) is 17.2. The lowest BCUT2D eigenvalue weighted by Crippen LogP contribution is -2.37. The van der Waals surface area contributed by atoms with Crippen LogP contribution in [-0.4, -0.2) is 29.3 Å². The van der Waals surface area contributed by atoms with Gasteiger partial charge in [0.1, 0.15) is 0 Å². The van der Waals surface area contributed by atoms with E-state index >= 15 is 0 Å². The molecular weight excluding hydrogens is 300 g/mol. The molecule has 0 aliphatic heterocycles. The first-order valence-corrected chi connectivity index (χ1v) is 8.39. The summed E-state index contributed by atoms with van der Waals surface area (Å²) in [7, 11) is 0. The summed E-state index contributed by atoms with van der Waals surface area (Å²) in [5.74, 6) is 1.63. The fraction of sp³-hybridized carbons (Fsp3) is 0.533. The Kier molecular flexibility index (Phi) is 6.39. The van der Waals surface area contributed by atoms with Gasteiger partial charge in [-0.2, -0.15) is 4.98 Å². The highest BCUT2D eigenvalue weighted by Gasteiger charge is 2.09. The van der Waals surface area contributed by atoms with Gasteiger partial charge in [-0.25, -0.2) is 4.79 Å². The van der Waals surface area contributed by atoms with E-state index in [1.165, 1.54) is 4.88 Å². The first kappa shape index (κ1) is 16.5. The topological polar surface area (TPSA) is 80.0 Å². The number of carbonyl (C=O) groups excluding carboxylic acids is 1. The molecule has 6 nitrogen and oxygen atoms in total. The molecule has 0 radical (unpaired) electrons. The van der Waals surface area contributed by atoms with Crippen LogP contribution in [0.1, 0.15) is 42.8 Å². The van der Waals surface area contributed by atoms with Gasteiger partial charge in [-0.15, -0.1) is 11.3 Å². The number of thiophene rings is 1. The second-order valence-electron chi connectivity index (χ2n) is 5.32. The standard InChI is InChI=1S/C15H22N4O2S/c1-11(2)14-18-13(21-19-14)6-3-8-16-15(20)17-9-7-12-5-4-10-22-12/h4-5,10-11H,3,6-9H2,1-2H3,(H2,16,17,20). The van der Waals surface area contributed by atoms with Gasteiger partial charge < -0.3 is 15.2 Å². The van der Waals surface area contributed by atoms with E-state index in [1.54, 1.807) is 11.3 Å². The van der Waals surface area contributed by atoms with Crippen molar-refractivity contribution in [1.29, 1.82) is 0 Å². The fourth-order valence-electron chi connectivity index (χ4n) is 1.86. The summed E-state index contributed by atoms with van der Waals surface area (Å²) < 4.78 is 5.15. The molecule has 2 amide bonds. The largest absolute Gasteiger partial charge is 0.339 e. The second kappa shape index (κ2) is 8.53. The Labute approximate surface area is 134 Å². The van der Waals surface area contributed by atoms with Crippen molar-refractivity contribution in [3.63, 3.8) is 0 Å². The fourth-order valence-corrected chi connectivity index (χ4v) is 2.57. The molecule has 7 heteroatoms. The lowest BCUT2D eigenvalue weighted by Gasteiger charge is -2.06. The molecule has 0 unspecified atom stereocenters. The Morgan fingerprint density at radius 3 is 2.82 bits per heavy atom. The van der Waals surface area contributed by atoms with Gasteiger partial charge in [0.2, 0.25) is 5.89 Å². The maximum absolute atomic E-state index is 11.6. The molecule has 0 spiro atoms. The van der Waals surface area contributed by atoms with Crippen molar-refractivity contribution in [1.82, 2.24) is 20.8 Å². The predicted molar refractivity (Wildman–Crippen MR) is 86.1 cm³/mol. The van der Waals surface area contributed by atoms with Crippen LogP contribution < -0.4 is 10.6 Å². The molecular formula is C15H22N4O2S. The molecule has 0 saturated carbocycles. The van der Waals surface area contributed by atoms with Crippen LogP contribution in [0.4, 0.5) is 4.79 Å². The predicted octanol–water partition coefficient (Wildman–Crippen LogP) is 2.73. The van der Waals surface area contributed by atoms with E-state index in [0.717, 1.165) is 18.7 Å².